The molecule has 0 saturated heterocycles. The number of rotatable bonds is 5. The van der Waals surface area contributed by atoms with Crippen LogP contribution in [0.2, 0.25) is 0 Å². The molecule has 104 valence electrons. The number of ether oxygens (including phenoxy) is 1. The fraction of sp³-hybridized carbons (Fsp3) is 0.385. The summed E-state index contributed by atoms with van der Waals surface area (Å²) in [6.45, 7) is 1.57. The lowest BCUT2D eigenvalue weighted by Crippen LogP contribution is -2.33. The number of methoxy groups -OCH3 is 1. The number of hydrogen-bond acceptors (Lipinski definition) is 4. The summed E-state index contributed by atoms with van der Waals surface area (Å²) in [6.07, 6.45) is 0. The Labute approximate surface area is 111 Å². The molecule has 0 aliphatic heterocycles. The highest BCUT2D eigenvalue weighted by molar-refractivity contribution is 5.97. The minimum atomic E-state index is -0.977. The van der Waals surface area contributed by atoms with E-state index in [0.29, 0.717) is 5.75 Å². The second-order valence-corrected chi connectivity index (χ2v) is 4.31. The number of aliphatic carboxylic acids is 1. The molecular formula is C13H17NO5. The van der Waals surface area contributed by atoms with Gasteiger partial charge in [0.25, 0.3) is 5.91 Å². The van der Waals surface area contributed by atoms with Gasteiger partial charge in [-0.05, 0) is 18.2 Å². The number of carbonyl (C=O) groups excluding carboxylic acids is 1. The number of phenolic OH excluding ortho intramolecular Hbond substituents is 1. The average molecular weight is 267 g/mol. The zero-order valence-corrected chi connectivity index (χ0v) is 11.1. The summed E-state index contributed by atoms with van der Waals surface area (Å²) in [6, 6.07) is 4.31. The van der Waals surface area contributed by atoms with Crippen molar-refractivity contribution < 1.29 is 24.5 Å². The first-order chi connectivity index (χ1) is 8.86. The van der Waals surface area contributed by atoms with Crippen LogP contribution in [0.1, 0.15) is 17.3 Å². The predicted molar refractivity (Wildman–Crippen MR) is 68.4 cm³/mol. The Balaban J connectivity index is 2.90. The number of benzene rings is 1. The minimum Gasteiger partial charge on any atom is -0.507 e. The van der Waals surface area contributed by atoms with Crippen LogP contribution in [0, 0.1) is 5.92 Å². The Morgan fingerprint density at radius 3 is 2.58 bits per heavy atom. The van der Waals surface area contributed by atoms with Gasteiger partial charge in [0.05, 0.1) is 18.6 Å². The Bertz CT molecular complexity index is 486. The van der Waals surface area contributed by atoms with Crippen LogP contribution in [-0.4, -0.2) is 47.7 Å². The van der Waals surface area contributed by atoms with Crippen molar-refractivity contribution in [2.24, 2.45) is 5.92 Å². The third-order valence-electron chi connectivity index (χ3n) is 2.75. The molecule has 6 nitrogen and oxygen atoms in total. The number of phenols is 1. The highest BCUT2D eigenvalue weighted by Crippen LogP contribution is 2.24. The van der Waals surface area contributed by atoms with Crippen molar-refractivity contribution in [3.63, 3.8) is 0 Å². The Morgan fingerprint density at radius 2 is 2.05 bits per heavy atom. The summed E-state index contributed by atoms with van der Waals surface area (Å²) in [5.41, 5.74) is 0.0828. The van der Waals surface area contributed by atoms with E-state index in [-0.39, 0.29) is 17.9 Å². The standard InChI is InChI=1S/C13H17NO5/c1-8(13(17)18)7-14(2)12(16)10-6-9(19-3)4-5-11(10)15/h4-6,8,15H,7H2,1-3H3,(H,17,18). The summed E-state index contributed by atoms with van der Waals surface area (Å²) in [4.78, 5) is 24.1. The van der Waals surface area contributed by atoms with Crippen LogP contribution in [0.5, 0.6) is 11.5 Å². The van der Waals surface area contributed by atoms with Gasteiger partial charge in [0.15, 0.2) is 0 Å². The van der Waals surface area contributed by atoms with Gasteiger partial charge in [0.1, 0.15) is 11.5 Å². The second kappa shape index (κ2) is 6.08. The molecule has 0 aliphatic rings. The van der Waals surface area contributed by atoms with Gasteiger partial charge < -0.3 is 19.8 Å². The number of aromatic hydroxyl groups is 1. The summed E-state index contributed by atoms with van der Waals surface area (Å²) < 4.78 is 4.98. The van der Waals surface area contributed by atoms with Crippen LogP contribution in [0.4, 0.5) is 0 Å². The fourth-order valence-corrected chi connectivity index (χ4v) is 1.59. The lowest BCUT2D eigenvalue weighted by Gasteiger charge is -2.20. The number of carbonyl (C=O) groups is 2. The molecule has 2 N–H and O–H groups in total. The Kier molecular flexibility index (Phi) is 4.74. The third kappa shape index (κ3) is 3.61. The van der Waals surface area contributed by atoms with Gasteiger partial charge in [-0.3, -0.25) is 9.59 Å². The van der Waals surface area contributed by atoms with E-state index in [2.05, 4.69) is 0 Å². The molecule has 0 heterocycles. The molecule has 0 radical (unpaired) electrons. The van der Waals surface area contributed by atoms with Crippen LogP contribution < -0.4 is 4.74 Å². The van der Waals surface area contributed by atoms with Gasteiger partial charge in [-0.15, -0.1) is 0 Å². The van der Waals surface area contributed by atoms with Crippen molar-refractivity contribution in [3.8, 4) is 11.5 Å². The maximum Gasteiger partial charge on any atom is 0.308 e. The summed E-state index contributed by atoms with van der Waals surface area (Å²) in [5, 5.41) is 18.5. The van der Waals surface area contributed by atoms with Crippen molar-refractivity contribution >= 4 is 11.9 Å². The molecule has 0 bridgehead atoms. The van der Waals surface area contributed by atoms with Crippen LogP contribution in [-0.2, 0) is 4.79 Å². The van der Waals surface area contributed by atoms with Crippen LogP contribution in [0.25, 0.3) is 0 Å². The number of hydrogen-bond donors (Lipinski definition) is 2. The Morgan fingerprint density at radius 1 is 1.42 bits per heavy atom. The molecule has 19 heavy (non-hydrogen) atoms. The zero-order valence-electron chi connectivity index (χ0n) is 11.1. The van der Waals surface area contributed by atoms with E-state index in [1.165, 1.54) is 44.2 Å². The normalized spacial score (nSPS) is 11.7. The molecule has 0 saturated carbocycles. The first-order valence-corrected chi connectivity index (χ1v) is 5.72. The van der Waals surface area contributed by atoms with E-state index >= 15 is 0 Å². The molecule has 6 heteroatoms. The maximum absolute atomic E-state index is 12.1. The van der Waals surface area contributed by atoms with Crippen molar-refractivity contribution in [2.75, 3.05) is 20.7 Å². The first kappa shape index (κ1) is 14.8. The van der Waals surface area contributed by atoms with Crippen molar-refractivity contribution in [2.45, 2.75) is 6.92 Å². The van der Waals surface area contributed by atoms with Crippen molar-refractivity contribution in [1.29, 1.82) is 0 Å². The zero-order chi connectivity index (χ0) is 14.6. The predicted octanol–water partition coefficient (Wildman–Crippen LogP) is 1.19. The van der Waals surface area contributed by atoms with Crippen LogP contribution in [0.3, 0.4) is 0 Å². The largest absolute Gasteiger partial charge is 0.507 e. The molecule has 0 aliphatic carbocycles. The lowest BCUT2D eigenvalue weighted by molar-refractivity contribution is -0.141. The smallest absolute Gasteiger partial charge is 0.308 e. The third-order valence-corrected chi connectivity index (χ3v) is 2.75. The molecule has 1 unspecified atom stereocenters. The molecule has 1 aromatic rings. The molecule has 0 aromatic heterocycles. The molecule has 1 rings (SSSR count). The molecule has 0 fully saturated rings. The SMILES string of the molecule is COc1ccc(O)c(C(=O)N(C)CC(C)C(=O)O)c1. The highest BCUT2D eigenvalue weighted by atomic mass is 16.5. The van der Waals surface area contributed by atoms with Gasteiger partial charge in [0.2, 0.25) is 0 Å². The van der Waals surface area contributed by atoms with E-state index in [4.69, 9.17) is 9.84 Å². The van der Waals surface area contributed by atoms with E-state index < -0.39 is 17.8 Å². The highest BCUT2D eigenvalue weighted by Gasteiger charge is 2.21. The summed E-state index contributed by atoms with van der Waals surface area (Å²) in [5.74, 6) is -1.83. The molecule has 1 amide bonds. The maximum atomic E-state index is 12.1. The summed E-state index contributed by atoms with van der Waals surface area (Å²) >= 11 is 0. The first-order valence-electron chi connectivity index (χ1n) is 5.72. The van der Waals surface area contributed by atoms with E-state index in [9.17, 15) is 14.7 Å². The topological polar surface area (TPSA) is 87.1 Å². The van der Waals surface area contributed by atoms with E-state index in [0.717, 1.165) is 0 Å². The van der Waals surface area contributed by atoms with Gasteiger partial charge in [-0.25, -0.2) is 0 Å². The molecule has 1 atom stereocenters. The average Bonchev–Trinajstić information content (AvgIpc) is 2.38. The number of nitrogens with zero attached hydrogens (tertiary/aromatic N) is 1. The minimum absolute atomic E-state index is 0.0603. The van der Waals surface area contributed by atoms with Crippen LogP contribution >= 0.6 is 0 Å². The second-order valence-electron chi connectivity index (χ2n) is 4.31. The van der Waals surface area contributed by atoms with E-state index in [1.54, 1.807) is 0 Å². The monoisotopic (exact) mass is 267 g/mol. The fourth-order valence-electron chi connectivity index (χ4n) is 1.59. The van der Waals surface area contributed by atoms with Crippen LogP contribution in [0.15, 0.2) is 18.2 Å². The number of carboxylic acid groups (broad SMARTS) is 1. The van der Waals surface area contributed by atoms with Crippen molar-refractivity contribution in [1.82, 2.24) is 4.90 Å². The van der Waals surface area contributed by atoms with E-state index in [1.807, 2.05) is 0 Å². The van der Waals surface area contributed by atoms with Crippen molar-refractivity contribution in [3.05, 3.63) is 23.8 Å². The number of carboxylic acids is 1. The lowest BCUT2D eigenvalue weighted by atomic mass is 10.1. The molecule has 0 spiro atoms. The molecule has 1 aromatic carbocycles. The quantitative estimate of drug-likeness (QED) is 0.836. The van der Waals surface area contributed by atoms with Gasteiger partial charge in [0, 0.05) is 13.6 Å². The summed E-state index contributed by atoms with van der Waals surface area (Å²) in [7, 11) is 2.94. The van der Waals surface area contributed by atoms with Gasteiger partial charge in [-0.1, -0.05) is 6.92 Å². The number of amides is 1. The molecular weight excluding hydrogens is 250 g/mol. The van der Waals surface area contributed by atoms with Gasteiger partial charge >= 0.3 is 5.97 Å². The van der Waals surface area contributed by atoms with Gasteiger partial charge in [-0.2, -0.15) is 0 Å². The Hall–Kier alpha value is -2.24.